The first-order valence-corrected chi connectivity index (χ1v) is 7.80. The molecule has 6 heteroatoms. The summed E-state index contributed by atoms with van der Waals surface area (Å²) in [5.74, 6) is 1.18. The van der Waals surface area contributed by atoms with Crippen molar-refractivity contribution in [2.45, 2.75) is 19.4 Å². The molecule has 2 N–H and O–H groups in total. The topological polar surface area (TPSA) is 78.9 Å². The third-order valence-corrected chi connectivity index (χ3v) is 3.74. The van der Waals surface area contributed by atoms with Gasteiger partial charge in [-0.2, -0.15) is 0 Å². The molecule has 0 saturated carbocycles. The maximum Gasteiger partial charge on any atom is 0.405 e. The predicted molar refractivity (Wildman–Crippen MR) is 95.2 cm³/mol. The first-order chi connectivity index (χ1) is 11.7. The van der Waals surface area contributed by atoms with E-state index in [2.05, 4.69) is 5.32 Å². The predicted octanol–water partition coefficient (Wildman–Crippen LogP) is 3.68. The van der Waals surface area contributed by atoms with Gasteiger partial charge in [0.1, 0.15) is 11.5 Å². The van der Waals surface area contributed by atoms with Crippen molar-refractivity contribution in [3.05, 3.63) is 59.7 Å². The van der Waals surface area contributed by atoms with Gasteiger partial charge in [-0.3, -0.25) is 4.79 Å². The first kappa shape index (κ1) is 18.3. The first-order valence-electron chi connectivity index (χ1n) is 7.80. The van der Waals surface area contributed by atoms with Gasteiger partial charge in [0.15, 0.2) is 0 Å². The third kappa shape index (κ3) is 4.73. The van der Waals surface area contributed by atoms with Crippen LogP contribution in [0.15, 0.2) is 48.5 Å². The molecule has 0 aliphatic heterocycles. The molecule has 25 heavy (non-hydrogen) atoms. The van der Waals surface area contributed by atoms with Crippen LogP contribution in [-0.2, 0) is 5.54 Å². The maximum absolute atomic E-state index is 11.9. The molecule has 2 amide bonds. The van der Waals surface area contributed by atoms with E-state index in [0.717, 1.165) is 5.56 Å². The summed E-state index contributed by atoms with van der Waals surface area (Å²) in [6, 6.07) is 14.1. The molecule has 0 aromatic heterocycles. The van der Waals surface area contributed by atoms with E-state index in [1.165, 1.54) is 4.90 Å². The summed E-state index contributed by atoms with van der Waals surface area (Å²) >= 11 is 0. The molecule has 0 atom stereocenters. The molecule has 2 rings (SSSR count). The molecular weight excluding hydrogens is 320 g/mol. The van der Waals surface area contributed by atoms with Crippen LogP contribution in [0.5, 0.6) is 11.5 Å². The van der Waals surface area contributed by atoms with Crippen LogP contribution in [0.3, 0.4) is 0 Å². The molecule has 0 bridgehead atoms. The number of carboxylic acid groups (broad SMARTS) is 1. The molecule has 0 fully saturated rings. The van der Waals surface area contributed by atoms with Gasteiger partial charge in [0, 0.05) is 19.7 Å². The molecule has 0 aliphatic carbocycles. The number of rotatable bonds is 5. The molecule has 0 aliphatic rings. The van der Waals surface area contributed by atoms with Gasteiger partial charge in [-0.1, -0.05) is 12.1 Å². The molecule has 2 aromatic rings. The molecule has 0 spiro atoms. The normalized spacial score (nSPS) is 10.9. The standard InChI is InChI=1S/C19H22N2O4/c1-19(2,20-18(23)24)14-7-11-16(12-8-14)25-15-9-5-13(6-10-15)17(22)21(3)4/h5-12,20H,1-4H3,(H,23,24). The van der Waals surface area contributed by atoms with Gasteiger partial charge in [-0.15, -0.1) is 0 Å². The van der Waals surface area contributed by atoms with Crippen molar-refractivity contribution in [2.75, 3.05) is 14.1 Å². The number of amides is 2. The van der Waals surface area contributed by atoms with Gasteiger partial charge in [-0.25, -0.2) is 4.79 Å². The second-order valence-corrected chi connectivity index (χ2v) is 6.41. The lowest BCUT2D eigenvalue weighted by Crippen LogP contribution is -2.39. The minimum absolute atomic E-state index is 0.0657. The quantitative estimate of drug-likeness (QED) is 0.869. The van der Waals surface area contributed by atoms with Gasteiger partial charge in [0.05, 0.1) is 5.54 Å². The number of carbonyl (C=O) groups is 2. The zero-order valence-corrected chi connectivity index (χ0v) is 14.7. The lowest BCUT2D eigenvalue weighted by molar-refractivity contribution is 0.0827. The molecule has 132 valence electrons. The Morgan fingerprint density at radius 2 is 1.44 bits per heavy atom. The van der Waals surface area contributed by atoms with Crippen LogP contribution in [0, 0.1) is 0 Å². The summed E-state index contributed by atoms with van der Waals surface area (Å²) in [7, 11) is 3.41. The Morgan fingerprint density at radius 1 is 0.960 bits per heavy atom. The summed E-state index contributed by atoms with van der Waals surface area (Å²) in [6.07, 6.45) is -1.07. The zero-order chi connectivity index (χ0) is 18.6. The van der Waals surface area contributed by atoms with Crippen molar-refractivity contribution in [1.29, 1.82) is 0 Å². The lowest BCUT2D eigenvalue weighted by Gasteiger charge is -2.25. The van der Waals surface area contributed by atoms with E-state index in [1.54, 1.807) is 64.3 Å². The fourth-order valence-electron chi connectivity index (χ4n) is 2.34. The molecule has 6 nitrogen and oxygen atoms in total. The van der Waals surface area contributed by atoms with E-state index >= 15 is 0 Å². The molecule has 0 heterocycles. The van der Waals surface area contributed by atoms with Gasteiger partial charge in [-0.05, 0) is 55.8 Å². The van der Waals surface area contributed by atoms with Gasteiger partial charge >= 0.3 is 6.09 Å². The van der Waals surface area contributed by atoms with Gasteiger partial charge < -0.3 is 20.1 Å². The number of nitrogens with one attached hydrogen (secondary N) is 1. The van der Waals surface area contributed by atoms with Crippen LogP contribution < -0.4 is 10.1 Å². The summed E-state index contributed by atoms with van der Waals surface area (Å²) < 4.78 is 5.76. The average Bonchev–Trinajstić information content (AvgIpc) is 2.54. The second-order valence-electron chi connectivity index (χ2n) is 6.41. The van der Waals surface area contributed by atoms with Crippen LogP contribution in [0.4, 0.5) is 4.79 Å². The lowest BCUT2D eigenvalue weighted by atomic mass is 9.94. The Kier molecular flexibility index (Phi) is 5.32. The molecular formula is C19H22N2O4. The number of ether oxygens (including phenoxy) is 1. The van der Waals surface area contributed by atoms with Crippen molar-refractivity contribution in [2.24, 2.45) is 0 Å². The number of benzene rings is 2. The van der Waals surface area contributed by atoms with Gasteiger partial charge in [0.2, 0.25) is 0 Å². The monoisotopic (exact) mass is 342 g/mol. The van der Waals surface area contributed by atoms with Crippen LogP contribution >= 0.6 is 0 Å². The van der Waals surface area contributed by atoms with Crippen molar-refractivity contribution in [1.82, 2.24) is 10.2 Å². The number of hydrogen-bond acceptors (Lipinski definition) is 3. The molecule has 0 saturated heterocycles. The van der Waals surface area contributed by atoms with Crippen molar-refractivity contribution in [3.8, 4) is 11.5 Å². The second kappa shape index (κ2) is 7.25. The SMILES string of the molecule is CN(C)C(=O)c1ccc(Oc2ccc(C(C)(C)NC(=O)O)cc2)cc1. The number of carbonyl (C=O) groups excluding carboxylic acids is 1. The van der Waals surface area contributed by atoms with E-state index in [0.29, 0.717) is 17.1 Å². The minimum atomic E-state index is -1.07. The van der Waals surface area contributed by atoms with Crippen LogP contribution in [0.1, 0.15) is 29.8 Å². The van der Waals surface area contributed by atoms with Crippen molar-refractivity contribution < 1.29 is 19.4 Å². The maximum atomic E-state index is 11.9. The number of nitrogens with zero attached hydrogens (tertiary/aromatic N) is 1. The highest BCUT2D eigenvalue weighted by atomic mass is 16.5. The van der Waals surface area contributed by atoms with E-state index < -0.39 is 11.6 Å². The highest BCUT2D eigenvalue weighted by Gasteiger charge is 2.22. The Bertz CT molecular complexity index is 750. The molecule has 0 radical (unpaired) electrons. The zero-order valence-electron chi connectivity index (χ0n) is 14.7. The summed E-state index contributed by atoms with van der Waals surface area (Å²) in [5.41, 5.74) is 0.724. The average molecular weight is 342 g/mol. The van der Waals surface area contributed by atoms with E-state index in [1.807, 2.05) is 12.1 Å². The summed E-state index contributed by atoms with van der Waals surface area (Å²) in [4.78, 5) is 24.2. The fraction of sp³-hybridized carbons (Fsp3) is 0.263. The Labute approximate surface area is 147 Å². The van der Waals surface area contributed by atoms with E-state index in [9.17, 15) is 9.59 Å². The highest BCUT2D eigenvalue weighted by Crippen LogP contribution is 2.26. The van der Waals surface area contributed by atoms with Crippen LogP contribution in [-0.4, -0.2) is 36.1 Å². The minimum Gasteiger partial charge on any atom is -0.465 e. The summed E-state index contributed by atoms with van der Waals surface area (Å²) in [5, 5.41) is 11.4. The fourth-order valence-corrected chi connectivity index (χ4v) is 2.34. The van der Waals surface area contributed by atoms with E-state index in [-0.39, 0.29) is 5.91 Å². The Morgan fingerprint density at radius 3 is 1.88 bits per heavy atom. The molecule has 2 aromatic carbocycles. The van der Waals surface area contributed by atoms with Gasteiger partial charge in [0.25, 0.3) is 5.91 Å². The Balaban J connectivity index is 2.09. The van der Waals surface area contributed by atoms with Crippen molar-refractivity contribution >= 4 is 12.0 Å². The largest absolute Gasteiger partial charge is 0.465 e. The number of hydrogen-bond donors (Lipinski definition) is 2. The molecule has 0 unspecified atom stereocenters. The third-order valence-electron chi connectivity index (χ3n) is 3.74. The van der Waals surface area contributed by atoms with Crippen molar-refractivity contribution in [3.63, 3.8) is 0 Å². The van der Waals surface area contributed by atoms with Crippen LogP contribution in [0.25, 0.3) is 0 Å². The summed E-state index contributed by atoms with van der Waals surface area (Å²) in [6.45, 7) is 3.58. The van der Waals surface area contributed by atoms with E-state index in [4.69, 9.17) is 9.84 Å². The highest BCUT2D eigenvalue weighted by molar-refractivity contribution is 5.93. The van der Waals surface area contributed by atoms with Crippen LogP contribution in [0.2, 0.25) is 0 Å². The smallest absolute Gasteiger partial charge is 0.405 e. The Hall–Kier alpha value is -3.02.